The summed E-state index contributed by atoms with van der Waals surface area (Å²) >= 11 is 0. The molecule has 5 N–H and O–H groups in total. The second kappa shape index (κ2) is 21.2. The van der Waals surface area contributed by atoms with Gasteiger partial charge in [0.1, 0.15) is 12.1 Å². The molecule has 0 heterocycles. The number of phosphoric ester groups is 1. The third-order valence-electron chi connectivity index (χ3n) is 8.37. The summed E-state index contributed by atoms with van der Waals surface area (Å²) in [5, 5.41) is 8.36. The molecule has 0 saturated heterocycles. The highest BCUT2D eigenvalue weighted by Crippen LogP contribution is 2.37. The Bertz CT molecular complexity index is 1580. The summed E-state index contributed by atoms with van der Waals surface area (Å²) in [6.45, 7) is 21.9. The van der Waals surface area contributed by atoms with Crippen LogP contribution < -0.4 is 20.9 Å². The third-order valence-corrected chi connectivity index (χ3v) is 8.97. The van der Waals surface area contributed by atoms with Gasteiger partial charge in [-0.05, 0) is 73.8 Å². The van der Waals surface area contributed by atoms with Gasteiger partial charge in [-0.3, -0.25) is 14.1 Å². The van der Waals surface area contributed by atoms with Crippen LogP contribution in [0.1, 0.15) is 99.1 Å². The van der Waals surface area contributed by atoms with Gasteiger partial charge in [-0.2, -0.15) is 0 Å². The molecular formula is C39H61N4O10P. The predicted octanol–water partition coefficient (Wildman–Crippen LogP) is 7.35. The summed E-state index contributed by atoms with van der Waals surface area (Å²) in [6, 6.07) is 11.7. The molecule has 0 aliphatic carbocycles. The van der Waals surface area contributed by atoms with Crippen LogP contribution >= 0.6 is 7.82 Å². The topological polar surface area (TPSA) is 193 Å². The van der Waals surface area contributed by atoms with E-state index in [0.717, 1.165) is 36.8 Å². The molecule has 0 fully saturated rings. The Morgan fingerprint density at radius 1 is 0.815 bits per heavy atom. The van der Waals surface area contributed by atoms with Gasteiger partial charge >= 0.3 is 25.8 Å². The second-order valence-electron chi connectivity index (χ2n) is 15.2. The Kier molecular flexibility index (Phi) is 18.1. The predicted molar refractivity (Wildman–Crippen MR) is 210 cm³/mol. The SMILES string of the molecule is CC[C@@H](CC(=O)OC(OC(=O)[C@@H](NC(=O)[C@H](C)OP(=O)(O)O)C(C)C)C(C)C)c1ccc(N(CC(C)C)CC(C)C)c(NC(=O)Nc2ccc(C)cc2)c1. The van der Waals surface area contributed by atoms with Gasteiger partial charge in [0.15, 0.2) is 0 Å². The van der Waals surface area contributed by atoms with Gasteiger partial charge in [0, 0.05) is 24.7 Å². The first-order chi connectivity index (χ1) is 25.1. The van der Waals surface area contributed by atoms with Crippen molar-refractivity contribution >= 4 is 48.8 Å². The standard InChI is InChI=1S/C39H61N4O10P/c1-12-29(20-34(44)51-38(26(8)9)52-37(46)35(25(6)7)42-36(45)28(11)53-54(48,49)50)30-15-18-33(43(21-23(2)3)22-24(4)5)32(19-30)41-39(47)40-31-16-13-27(10)14-17-31/h13-19,23-26,28-29,35,38H,12,20-22H2,1-11H3,(H,42,45)(H2,40,41,47)(H2,48,49,50)/t28-,29-,35-,38?/m0/s1. The van der Waals surface area contributed by atoms with Crippen LogP contribution in [0.4, 0.5) is 21.9 Å². The number of nitrogens with one attached hydrogen (secondary N) is 3. The maximum absolute atomic E-state index is 13.4. The van der Waals surface area contributed by atoms with Gasteiger partial charge in [-0.1, -0.05) is 86.1 Å². The average Bonchev–Trinajstić information content (AvgIpc) is 3.04. The van der Waals surface area contributed by atoms with Crippen molar-refractivity contribution in [2.24, 2.45) is 23.7 Å². The van der Waals surface area contributed by atoms with Crippen LogP contribution in [0.3, 0.4) is 0 Å². The molecule has 4 atom stereocenters. The molecular weight excluding hydrogens is 715 g/mol. The van der Waals surface area contributed by atoms with E-state index in [2.05, 4.69) is 53.1 Å². The zero-order valence-corrected chi connectivity index (χ0v) is 34.4. The first kappa shape index (κ1) is 46.2. The number of phosphoric acid groups is 1. The van der Waals surface area contributed by atoms with Crippen LogP contribution in [0.15, 0.2) is 42.5 Å². The second-order valence-corrected chi connectivity index (χ2v) is 16.4. The Morgan fingerprint density at radius 3 is 1.91 bits per heavy atom. The molecule has 0 radical (unpaired) electrons. The molecule has 0 bridgehead atoms. The normalized spacial score (nSPS) is 14.0. The number of carbonyl (C=O) groups excluding carboxylic acids is 4. The molecule has 0 spiro atoms. The number of esters is 2. The summed E-state index contributed by atoms with van der Waals surface area (Å²) < 4.78 is 26.9. The lowest BCUT2D eigenvalue weighted by Crippen LogP contribution is -2.50. The Hall–Kier alpha value is -3.97. The van der Waals surface area contributed by atoms with E-state index in [0.29, 0.717) is 29.6 Å². The van der Waals surface area contributed by atoms with Gasteiger partial charge in [0.05, 0.1) is 17.8 Å². The minimum absolute atomic E-state index is 0.0467. The molecule has 54 heavy (non-hydrogen) atoms. The van der Waals surface area contributed by atoms with E-state index in [1.807, 2.05) is 56.3 Å². The van der Waals surface area contributed by atoms with E-state index in [-0.39, 0.29) is 12.3 Å². The fourth-order valence-corrected chi connectivity index (χ4v) is 6.15. The summed E-state index contributed by atoms with van der Waals surface area (Å²) in [5.41, 5.74) is 3.99. The molecule has 0 aliphatic heterocycles. The van der Waals surface area contributed by atoms with Gasteiger partial charge in [0.2, 0.25) is 12.2 Å². The van der Waals surface area contributed by atoms with Gasteiger partial charge in [-0.25, -0.2) is 14.2 Å². The minimum Gasteiger partial charge on any atom is -0.425 e. The molecule has 0 aromatic heterocycles. The van der Waals surface area contributed by atoms with Crippen molar-refractivity contribution < 1.29 is 47.5 Å². The van der Waals surface area contributed by atoms with Gasteiger partial charge in [0.25, 0.3) is 0 Å². The number of carbonyl (C=O) groups is 4. The summed E-state index contributed by atoms with van der Waals surface area (Å²) in [5.74, 6) is -2.96. The van der Waals surface area contributed by atoms with Crippen LogP contribution in [-0.4, -0.2) is 65.2 Å². The zero-order chi connectivity index (χ0) is 40.9. The Balaban J connectivity index is 2.32. The van der Waals surface area contributed by atoms with E-state index in [1.54, 1.807) is 27.7 Å². The highest BCUT2D eigenvalue weighted by molar-refractivity contribution is 7.46. The Labute approximate surface area is 320 Å². The van der Waals surface area contributed by atoms with Crippen molar-refractivity contribution in [2.45, 2.75) is 113 Å². The van der Waals surface area contributed by atoms with E-state index in [1.165, 1.54) is 0 Å². The van der Waals surface area contributed by atoms with Crippen LogP contribution in [-0.2, 0) is 32.9 Å². The van der Waals surface area contributed by atoms with Crippen molar-refractivity contribution in [1.29, 1.82) is 0 Å². The Morgan fingerprint density at radius 2 is 1.41 bits per heavy atom. The maximum atomic E-state index is 13.4. The monoisotopic (exact) mass is 776 g/mol. The molecule has 2 aromatic rings. The largest absolute Gasteiger partial charge is 0.470 e. The molecule has 2 rings (SSSR count). The van der Waals surface area contributed by atoms with Crippen LogP contribution in [0, 0.1) is 30.6 Å². The van der Waals surface area contributed by atoms with Crippen molar-refractivity contribution in [1.82, 2.24) is 5.32 Å². The van der Waals surface area contributed by atoms with Crippen molar-refractivity contribution in [3.05, 3.63) is 53.6 Å². The molecule has 0 aliphatic rings. The molecule has 2 aromatic carbocycles. The first-order valence-electron chi connectivity index (χ1n) is 18.6. The average molecular weight is 777 g/mol. The molecule has 15 heteroatoms. The number of benzene rings is 2. The number of hydrogen-bond donors (Lipinski definition) is 5. The molecule has 14 nitrogen and oxygen atoms in total. The third kappa shape index (κ3) is 15.8. The number of aryl methyl sites for hydroxylation is 1. The number of rotatable bonds is 20. The lowest BCUT2D eigenvalue weighted by molar-refractivity contribution is -0.198. The molecule has 1 unspecified atom stereocenters. The number of nitrogens with zero attached hydrogens (tertiary/aromatic N) is 1. The van der Waals surface area contributed by atoms with E-state index in [9.17, 15) is 23.7 Å². The smallest absolute Gasteiger partial charge is 0.425 e. The fourth-order valence-electron chi connectivity index (χ4n) is 5.64. The number of anilines is 3. The highest BCUT2D eigenvalue weighted by atomic mass is 31.2. The van der Waals surface area contributed by atoms with E-state index in [4.69, 9.17) is 19.3 Å². The van der Waals surface area contributed by atoms with Crippen molar-refractivity contribution in [3.63, 3.8) is 0 Å². The van der Waals surface area contributed by atoms with E-state index < -0.39 is 62.0 Å². The van der Waals surface area contributed by atoms with Crippen LogP contribution in [0.2, 0.25) is 0 Å². The maximum Gasteiger partial charge on any atom is 0.470 e. The van der Waals surface area contributed by atoms with Crippen molar-refractivity contribution in [2.75, 3.05) is 28.6 Å². The highest BCUT2D eigenvalue weighted by Gasteiger charge is 2.34. The zero-order valence-electron chi connectivity index (χ0n) is 33.5. The van der Waals surface area contributed by atoms with Crippen molar-refractivity contribution in [3.8, 4) is 0 Å². The number of hydrogen-bond acceptors (Lipinski definition) is 9. The van der Waals surface area contributed by atoms with Crippen LogP contribution in [0.5, 0.6) is 0 Å². The van der Waals surface area contributed by atoms with Crippen LogP contribution in [0.25, 0.3) is 0 Å². The minimum atomic E-state index is -4.95. The van der Waals surface area contributed by atoms with Gasteiger partial charge < -0.3 is 40.1 Å². The number of urea groups is 1. The first-order valence-corrected chi connectivity index (χ1v) is 20.1. The lowest BCUT2D eigenvalue weighted by atomic mass is 9.92. The summed E-state index contributed by atoms with van der Waals surface area (Å²) in [4.78, 5) is 72.9. The van der Waals surface area contributed by atoms with E-state index >= 15 is 0 Å². The lowest BCUT2D eigenvalue weighted by Gasteiger charge is -2.31. The van der Waals surface area contributed by atoms with Gasteiger partial charge in [-0.15, -0.1) is 0 Å². The molecule has 3 amide bonds. The quantitative estimate of drug-likeness (QED) is 0.0513. The fraction of sp³-hybridized carbons (Fsp3) is 0.590. The molecule has 0 saturated carbocycles. The summed E-state index contributed by atoms with van der Waals surface area (Å²) in [7, 11) is -4.95. The molecule has 302 valence electrons. The number of ether oxygens (including phenoxy) is 2. The number of amides is 3. The summed E-state index contributed by atoms with van der Waals surface area (Å²) in [6.07, 6.45) is -2.32.